The fraction of sp³-hybridized carbons (Fsp3) is 0.909. The van der Waals surface area contributed by atoms with E-state index >= 15 is 0 Å². The van der Waals surface area contributed by atoms with Crippen molar-refractivity contribution in [3.8, 4) is 0 Å². The van der Waals surface area contributed by atoms with Crippen LogP contribution in [-0.2, 0) is 9.59 Å². The smallest absolute Gasteiger partial charge is 0.223 e. The molecule has 0 aromatic carbocycles. The summed E-state index contributed by atoms with van der Waals surface area (Å²) in [6.45, 7) is 16.3. The number of hydrogen-bond acceptors (Lipinski definition) is 4. The van der Waals surface area contributed by atoms with Gasteiger partial charge in [-0.3, -0.25) is 14.5 Å². The van der Waals surface area contributed by atoms with Gasteiger partial charge in [-0.1, -0.05) is 13.8 Å². The summed E-state index contributed by atoms with van der Waals surface area (Å²) < 4.78 is 0. The zero-order chi connectivity index (χ0) is 20.3. The lowest BCUT2D eigenvalue weighted by Gasteiger charge is -2.37. The molecule has 3 fully saturated rings. The van der Waals surface area contributed by atoms with Crippen LogP contribution in [0.4, 0.5) is 0 Å². The van der Waals surface area contributed by atoms with E-state index in [4.69, 9.17) is 0 Å². The molecule has 1 spiro atoms. The number of likely N-dealkylation sites (tertiary alicyclic amines) is 1. The first kappa shape index (κ1) is 21.6. The summed E-state index contributed by atoms with van der Waals surface area (Å²) in [6, 6.07) is 0.620. The Hall–Kier alpha value is -1.14. The maximum absolute atomic E-state index is 12.6. The second-order valence-corrected chi connectivity index (χ2v) is 9.77. The number of nitrogens with one attached hydrogen (secondary N) is 1. The minimum Gasteiger partial charge on any atom is -0.356 e. The van der Waals surface area contributed by atoms with E-state index < -0.39 is 0 Å². The molecule has 0 aromatic heterocycles. The Bertz CT molecular complexity index is 547. The first-order valence-electron chi connectivity index (χ1n) is 11.3. The Balaban J connectivity index is 1.32. The van der Waals surface area contributed by atoms with Crippen LogP contribution in [0.1, 0.15) is 53.4 Å². The van der Waals surface area contributed by atoms with Crippen LogP contribution in [0.5, 0.6) is 0 Å². The molecule has 1 saturated carbocycles. The Morgan fingerprint density at radius 1 is 1.00 bits per heavy atom. The summed E-state index contributed by atoms with van der Waals surface area (Å²) in [5.74, 6) is 1.16. The SMILES string of the molecule is CC(C)C(=O)NCC1CC12CCN(C(=O)CCN1CCN(C(C)C)CC1)CC2. The lowest BCUT2D eigenvalue weighted by molar-refractivity contribution is -0.133. The van der Waals surface area contributed by atoms with Crippen LogP contribution in [0.15, 0.2) is 0 Å². The Morgan fingerprint density at radius 2 is 1.64 bits per heavy atom. The van der Waals surface area contributed by atoms with Crippen molar-refractivity contribution in [3.63, 3.8) is 0 Å². The molecule has 1 unspecified atom stereocenters. The van der Waals surface area contributed by atoms with Crippen molar-refractivity contribution in [3.05, 3.63) is 0 Å². The van der Waals surface area contributed by atoms with Gasteiger partial charge in [0.1, 0.15) is 0 Å². The van der Waals surface area contributed by atoms with Crippen molar-refractivity contribution >= 4 is 11.8 Å². The van der Waals surface area contributed by atoms with Gasteiger partial charge in [0.25, 0.3) is 0 Å². The molecule has 1 N–H and O–H groups in total. The Morgan fingerprint density at radius 3 is 2.21 bits per heavy atom. The number of piperazine rings is 1. The lowest BCUT2D eigenvalue weighted by atomic mass is 9.90. The molecule has 160 valence electrons. The summed E-state index contributed by atoms with van der Waals surface area (Å²) in [4.78, 5) is 31.5. The zero-order valence-corrected chi connectivity index (χ0v) is 18.4. The average Bonchev–Trinajstić information content (AvgIpc) is 3.36. The van der Waals surface area contributed by atoms with Crippen LogP contribution in [-0.4, -0.2) is 84.9 Å². The normalized spacial score (nSPS) is 25.5. The van der Waals surface area contributed by atoms with Gasteiger partial charge in [-0.15, -0.1) is 0 Å². The largest absolute Gasteiger partial charge is 0.356 e. The first-order valence-corrected chi connectivity index (χ1v) is 11.3. The average molecular weight is 393 g/mol. The molecule has 0 radical (unpaired) electrons. The molecule has 6 heteroatoms. The molecule has 2 heterocycles. The zero-order valence-electron chi connectivity index (χ0n) is 18.4. The topological polar surface area (TPSA) is 55.9 Å². The monoisotopic (exact) mass is 392 g/mol. The van der Waals surface area contributed by atoms with Crippen molar-refractivity contribution in [1.29, 1.82) is 0 Å². The standard InChI is InChI=1S/C22H40N4O2/c1-17(2)21(28)23-16-19-15-22(19)6-9-26(10-7-22)20(27)5-8-24-11-13-25(14-12-24)18(3)4/h17-19H,5-16H2,1-4H3,(H,23,28). The van der Waals surface area contributed by atoms with Crippen LogP contribution in [0.2, 0.25) is 0 Å². The molecular weight excluding hydrogens is 352 g/mol. The number of rotatable bonds is 7. The van der Waals surface area contributed by atoms with E-state index in [0.717, 1.165) is 65.2 Å². The van der Waals surface area contributed by atoms with E-state index in [0.29, 0.717) is 29.7 Å². The molecule has 1 atom stereocenters. The van der Waals surface area contributed by atoms with Crippen molar-refractivity contribution in [2.24, 2.45) is 17.3 Å². The molecule has 2 aliphatic heterocycles. The highest BCUT2D eigenvalue weighted by Crippen LogP contribution is 2.59. The summed E-state index contributed by atoms with van der Waals surface area (Å²) >= 11 is 0. The van der Waals surface area contributed by atoms with Crippen LogP contribution in [0, 0.1) is 17.3 Å². The van der Waals surface area contributed by atoms with Crippen molar-refractivity contribution in [2.75, 3.05) is 52.4 Å². The van der Waals surface area contributed by atoms with Gasteiger partial charge in [-0.25, -0.2) is 0 Å². The van der Waals surface area contributed by atoms with Crippen LogP contribution in [0.3, 0.4) is 0 Å². The van der Waals surface area contributed by atoms with Crippen molar-refractivity contribution in [2.45, 2.75) is 59.4 Å². The minimum atomic E-state index is 0.0579. The number of carbonyl (C=O) groups excluding carboxylic acids is 2. The first-order chi connectivity index (χ1) is 13.3. The van der Waals surface area contributed by atoms with Crippen LogP contribution < -0.4 is 5.32 Å². The molecule has 6 nitrogen and oxygen atoms in total. The fourth-order valence-electron chi connectivity index (χ4n) is 4.88. The molecule has 2 saturated heterocycles. The molecule has 0 bridgehead atoms. The predicted octanol–water partition coefficient (Wildman–Crippen LogP) is 1.80. The highest BCUT2D eigenvalue weighted by molar-refractivity contribution is 5.78. The molecular formula is C22H40N4O2. The summed E-state index contributed by atoms with van der Waals surface area (Å²) in [5, 5.41) is 3.09. The van der Waals surface area contributed by atoms with Gasteiger partial charge >= 0.3 is 0 Å². The number of piperidine rings is 1. The quantitative estimate of drug-likeness (QED) is 0.718. The third kappa shape index (κ3) is 5.26. The minimum absolute atomic E-state index is 0.0579. The maximum atomic E-state index is 12.6. The fourth-order valence-corrected chi connectivity index (χ4v) is 4.88. The van der Waals surface area contributed by atoms with E-state index in [9.17, 15) is 9.59 Å². The van der Waals surface area contributed by atoms with Crippen molar-refractivity contribution in [1.82, 2.24) is 20.0 Å². The maximum Gasteiger partial charge on any atom is 0.223 e. The van der Waals surface area contributed by atoms with Gasteiger partial charge < -0.3 is 15.1 Å². The highest BCUT2D eigenvalue weighted by Gasteiger charge is 2.54. The Kier molecular flexibility index (Phi) is 7.02. The van der Waals surface area contributed by atoms with Gasteiger partial charge in [0.15, 0.2) is 0 Å². The molecule has 1 aliphatic carbocycles. The van der Waals surface area contributed by atoms with E-state index in [-0.39, 0.29) is 11.8 Å². The predicted molar refractivity (Wildman–Crippen MR) is 112 cm³/mol. The molecule has 2 amide bonds. The summed E-state index contributed by atoms with van der Waals surface area (Å²) in [7, 11) is 0. The molecule has 28 heavy (non-hydrogen) atoms. The van der Waals surface area contributed by atoms with Gasteiger partial charge in [0.2, 0.25) is 11.8 Å². The highest BCUT2D eigenvalue weighted by atomic mass is 16.2. The second kappa shape index (κ2) is 9.12. The number of amides is 2. The van der Waals surface area contributed by atoms with Gasteiger partial charge in [0, 0.05) is 70.7 Å². The number of nitrogens with zero attached hydrogens (tertiary/aromatic N) is 3. The molecule has 3 rings (SSSR count). The van der Waals surface area contributed by atoms with E-state index in [2.05, 4.69) is 33.9 Å². The van der Waals surface area contributed by atoms with Gasteiger partial charge in [-0.2, -0.15) is 0 Å². The lowest BCUT2D eigenvalue weighted by Crippen LogP contribution is -2.49. The van der Waals surface area contributed by atoms with Crippen molar-refractivity contribution < 1.29 is 9.59 Å². The van der Waals surface area contributed by atoms with E-state index in [1.54, 1.807) is 0 Å². The summed E-state index contributed by atoms with van der Waals surface area (Å²) in [5.41, 5.74) is 0.397. The second-order valence-electron chi connectivity index (χ2n) is 9.77. The van der Waals surface area contributed by atoms with Gasteiger partial charge in [0.05, 0.1) is 0 Å². The molecule has 0 aromatic rings. The third-order valence-corrected chi connectivity index (χ3v) is 7.30. The van der Waals surface area contributed by atoms with E-state index in [1.807, 2.05) is 13.8 Å². The third-order valence-electron chi connectivity index (χ3n) is 7.30. The number of hydrogen-bond donors (Lipinski definition) is 1. The summed E-state index contributed by atoms with van der Waals surface area (Å²) in [6.07, 6.45) is 4.08. The van der Waals surface area contributed by atoms with Crippen LogP contribution in [0.25, 0.3) is 0 Å². The Labute approximate surface area is 171 Å². The van der Waals surface area contributed by atoms with E-state index in [1.165, 1.54) is 6.42 Å². The van der Waals surface area contributed by atoms with Gasteiger partial charge in [-0.05, 0) is 44.4 Å². The number of carbonyl (C=O) groups is 2. The van der Waals surface area contributed by atoms with Crippen LogP contribution >= 0.6 is 0 Å². The molecule has 3 aliphatic rings.